The largest absolute Gasteiger partial charge is 0.342 e. The van der Waals surface area contributed by atoms with Gasteiger partial charge in [-0.05, 0) is 112 Å². The number of hydrogen-bond donors (Lipinski definition) is 0. The van der Waals surface area contributed by atoms with Gasteiger partial charge in [-0.25, -0.2) is 0 Å². The number of benzene rings is 3. The molecule has 3 aromatic rings. The van der Waals surface area contributed by atoms with Crippen molar-refractivity contribution >= 4 is 22.8 Å². The molecule has 0 aliphatic heterocycles. The van der Waals surface area contributed by atoms with Crippen LogP contribution in [0.4, 0.5) is 17.1 Å². The van der Waals surface area contributed by atoms with Crippen molar-refractivity contribution in [2.45, 2.75) is 40.5 Å². The number of allylic oxidation sites excluding steroid dienone is 3. The Morgan fingerprint density at radius 2 is 1.32 bits per heavy atom. The molecule has 0 amide bonds. The smallest absolute Gasteiger partial charge is 0.193 e. The molecule has 0 fully saturated rings. The zero-order valence-corrected chi connectivity index (χ0v) is 20.7. The van der Waals surface area contributed by atoms with Crippen LogP contribution in [0.1, 0.15) is 55.1 Å². The van der Waals surface area contributed by atoms with E-state index < -0.39 is 0 Å². The summed E-state index contributed by atoms with van der Waals surface area (Å²) in [5.41, 5.74) is 8.74. The average molecular weight is 451 g/mol. The molecule has 3 aromatic carbocycles. The number of ketones is 1. The Kier molecular flexibility index (Phi) is 7.32. The second-order valence-corrected chi connectivity index (χ2v) is 8.80. The minimum absolute atomic E-state index is 0.0491. The Morgan fingerprint density at radius 3 is 1.85 bits per heavy atom. The summed E-state index contributed by atoms with van der Waals surface area (Å²) >= 11 is 0. The molecule has 1 aliphatic carbocycles. The van der Waals surface area contributed by atoms with Crippen LogP contribution in [0.25, 0.3) is 0 Å². The summed E-state index contributed by atoms with van der Waals surface area (Å²) in [4.78, 5) is 17.8. The van der Waals surface area contributed by atoms with E-state index in [1.807, 2.05) is 36.4 Å². The van der Waals surface area contributed by atoms with Crippen LogP contribution in [-0.2, 0) is 0 Å². The van der Waals surface area contributed by atoms with Gasteiger partial charge in [-0.1, -0.05) is 24.3 Å². The lowest BCUT2D eigenvalue weighted by molar-refractivity contribution is 0.103. The fourth-order valence-corrected chi connectivity index (χ4v) is 4.69. The lowest BCUT2D eigenvalue weighted by Crippen LogP contribution is -2.23. The fraction of sp³-hybridized carbons (Fsp3) is 0.258. The van der Waals surface area contributed by atoms with Gasteiger partial charge in [0.2, 0.25) is 0 Å². The van der Waals surface area contributed by atoms with Crippen LogP contribution in [0.2, 0.25) is 0 Å². The quantitative estimate of drug-likeness (QED) is 0.327. The number of para-hydroxylation sites is 1. The van der Waals surface area contributed by atoms with E-state index in [0.717, 1.165) is 37.3 Å². The van der Waals surface area contributed by atoms with E-state index in [0.29, 0.717) is 11.1 Å². The van der Waals surface area contributed by atoms with E-state index in [1.54, 1.807) is 0 Å². The van der Waals surface area contributed by atoms with E-state index in [-0.39, 0.29) is 5.78 Å². The van der Waals surface area contributed by atoms with Crippen molar-refractivity contribution in [3.05, 3.63) is 113 Å². The van der Waals surface area contributed by atoms with Crippen LogP contribution in [0, 0.1) is 6.92 Å². The molecular formula is C31H34N2O. The van der Waals surface area contributed by atoms with E-state index in [1.165, 1.54) is 22.5 Å². The highest BCUT2D eigenvalue weighted by atomic mass is 16.1. The molecule has 3 heteroatoms. The summed E-state index contributed by atoms with van der Waals surface area (Å²) in [6.45, 7) is 10.4. The fourth-order valence-electron chi connectivity index (χ4n) is 4.69. The van der Waals surface area contributed by atoms with Gasteiger partial charge in [-0.15, -0.1) is 0 Å². The maximum absolute atomic E-state index is 13.2. The Balaban J connectivity index is 1.53. The molecule has 0 spiro atoms. The minimum Gasteiger partial charge on any atom is -0.342 e. The van der Waals surface area contributed by atoms with Crippen molar-refractivity contribution in [1.82, 2.24) is 0 Å². The first-order chi connectivity index (χ1) is 16.5. The highest BCUT2D eigenvalue weighted by Gasteiger charge is 2.16. The van der Waals surface area contributed by atoms with Crippen LogP contribution in [0.3, 0.4) is 0 Å². The van der Waals surface area contributed by atoms with Gasteiger partial charge >= 0.3 is 0 Å². The van der Waals surface area contributed by atoms with E-state index >= 15 is 0 Å². The topological polar surface area (TPSA) is 23.6 Å². The molecule has 0 radical (unpaired) electrons. The third-order valence-corrected chi connectivity index (χ3v) is 6.61. The van der Waals surface area contributed by atoms with Gasteiger partial charge in [0.15, 0.2) is 5.78 Å². The maximum atomic E-state index is 13.2. The number of rotatable bonds is 8. The third-order valence-electron chi connectivity index (χ3n) is 6.61. The van der Waals surface area contributed by atoms with Gasteiger partial charge in [0.05, 0.1) is 0 Å². The molecule has 0 atom stereocenters. The lowest BCUT2D eigenvalue weighted by Gasteiger charge is -2.28. The molecule has 0 aromatic heterocycles. The number of hydrogen-bond acceptors (Lipinski definition) is 3. The second-order valence-electron chi connectivity index (χ2n) is 8.80. The first-order valence-electron chi connectivity index (χ1n) is 12.2. The molecule has 0 N–H and O–H groups in total. The van der Waals surface area contributed by atoms with Crippen LogP contribution >= 0.6 is 0 Å². The normalized spacial score (nSPS) is 13.2. The zero-order chi connectivity index (χ0) is 24.1. The summed E-state index contributed by atoms with van der Waals surface area (Å²) < 4.78 is 0. The summed E-state index contributed by atoms with van der Waals surface area (Å²) in [6, 6.07) is 24.4. The molecule has 0 saturated carbocycles. The summed E-state index contributed by atoms with van der Waals surface area (Å²) in [5.74, 6) is 0.0491. The summed E-state index contributed by atoms with van der Waals surface area (Å²) in [5, 5.41) is 0. The van der Waals surface area contributed by atoms with Gasteiger partial charge in [0.1, 0.15) is 0 Å². The highest BCUT2D eigenvalue weighted by molar-refractivity contribution is 6.09. The molecule has 0 heterocycles. The van der Waals surface area contributed by atoms with Crippen LogP contribution in [0.5, 0.6) is 0 Å². The van der Waals surface area contributed by atoms with Crippen molar-refractivity contribution < 1.29 is 4.79 Å². The SMILES string of the molecule is CCN(C1=C(C)CCC=C1)c1ccc(C(=O)c2ccc(N(CC)c3ccccc3C)cc2)cc1. The predicted octanol–water partition coefficient (Wildman–Crippen LogP) is 7.83. The monoisotopic (exact) mass is 450 g/mol. The molecular weight excluding hydrogens is 416 g/mol. The predicted molar refractivity (Wildman–Crippen MR) is 144 cm³/mol. The van der Waals surface area contributed by atoms with Crippen LogP contribution in [-0.4, -0.2) is 18.9 Å². The van der Waals surface area contributed by atoms with Gasteiger partial charge in [0, 0.05) is 47.0 Å². The number of aryl methyl sites for hydroxylation is 1. The molecule has 0 bridgehead atoms. The molecule has 1 aliphatic rings. The van der Waals surface area contributed by atoms with E-state index in [4.69, 9.17) is 0 Å². The number of nitrogens with zero attached hydrogens (tertiary/aromatic N) is 2. The minimum atomic E-state index is 0.0491. The van der Waals surface area contributed by atoms with Gasteiger partial charge < -0.3 is 9.80 Å². The van der Waals surface area contributed by atoms with Crippen molar-refractivity contribution in [2.24, 2.45) is 0 Å². The standard InChI is InChI=1S/C31H34N2O/c1-5-32(29-13-9-7-11-23(29)3)27-19-15-25(16-20-27)31(34)26-17-21-28(22-18-26)33(6-2)30-14-10-8-12-24(30)4/h7,9-11,13-22H,5-6,8,12H2,1-4H3. The van der Waals surface area contributed by atoms with Crippen molar-refractivity contribution in [2.75, 3.05) is 22.9 Å². The molecule has 0 saturated heterocycles. The van der Waals surface area contributed by atoms with Crippen LogP contribution in [0.15, 0.2) is 96.2 Å². The number of carbonyl (C=O) groups excluding carboxylic acids is 1. The van der Waals surface area contributed by atoms with Gasteiger partial charge in [-0.2, -0.15) is 0 Å². The lowest BCUT2D eigenvalue weighted by atomic mass is 10.0. The second kappa shape index (κ2) is 10.6. The first-order valence-corrected chi connectivity index (χ1v) is 12.2. The molecule has 4 rings (SSSR count). The Hall–Kier alpha value is -3.59. The first kappa shape index (κ1) is 23.6. The molecule has 3 nitrogen and oxygen atoms in total. The third kappa shape index (κ3) is 4.84. The van der Waals surface area contributed by atoms with Crippen molar-refractivity contribution in [3.63, 3.8) is 0 Å². The highest BCUT2D eigenvalue weighted by Crippen LogP contribution is 2.30. The van der Waals surface area contributed by atoms with E-state index in [9.17, 15) is 4.79 Å². The number of likely N-dealkylation sites (N-methyl/N-ethyl adjacent to an activating group) is 1. The Morgan fingerprint density at radius 1 is 0.765 bits per heavy atom. The molecule has 0 unspecified atom stereocenters. The number of carbonyl (C=O) groups is 1. The summed E-state index contributed by atoms with van der Waals surface area (Å²) in [7, 11) is 0. The maximum Gasteiger partial charge on any atom is 0.193 e. The molecule has 174 valence electrons. The van der Waals surface area contributed by atoms with Gasteiger partial charge in [-0.3, -0.25) is 4.79 Å². The Bertz CT molecular complexity index is 1200. The van der Waals surface area contributed by atoms with Crippen molar-refractivity contribution in [3.8, 4) is 0 Å². The molecule has 34 heavy (non-hydrogen) atoms. The average Bonchev–Trinajstić information content (AvgIpc) is 2.87. The zero-order valence-electron chi connectivity index (χ0n) is 20.7. The number of anilines is 3. The Labute approximate surface area is 204 Å². The summed E-state index contributed by atoms with van der Waals surface area (Å²) in [6.07, 6.45) is 6.68. The van der Waals surface area contributed by atoms with E-state index in [2.05, 4.69) is 86.0 Å². The van der Waals surface area contributed by atoms with Crippen molar-refractivity contribution in [1.29, 1.82) is 0 Å². The van der Waals surface area contributed by atoms with Gasteiger partial charge in [0.25, 0.3) is 0 Å². The van der Waals surface area contributed by atoms with Crippen LogP contribution < -0.4 is 9.80 Å².